The Morgan fingerprint density at radius 3 is 2.17 bits per heavy atom. The highest BCUT2D eigenvalue weighted by Crippen LogP contribution is 2.39. The standard InChI is InChI=1S/C31H36ClN3O5/c1-38-26-16-20(17-27(39-2)30(26)40-3)15-23(31(33)37)18-28(36)35-14-13-34-19-25(35)29(21-7-5-4-6-8-21)22-9-11-24(32)12-10-22/h4-12,16-17,23,25,29,34H,13-15,18-19H2,1-3H3,(H2,33,37). The number of amides is 2. The van der Waals surface area contributed by atoms with Gasteiger partial charge in [-0.1, -0.05) is 54.1 Å². The lowest BCUT2D eigenvalue weighted by molar-refractivity contribution is -0.138. The Bertz CT molecular complexity index is 1280. The molecule has 0 radical (unpaired) electrons. The minimum absolute atomic E-state index is 0.00930. The van der Waals surface area contributed by atoms with Crippen LogP contribution in [0.25, 0.3) is 0 Å². The highest BCUT2D eigenvalue weighted by Gasteiger charge is 2.36. The predicted molar refractivity (Wildman–Crippen MR) is 155 cm³/mol. The molecule has 4 rings (SSSR count). The molecule has 8 nitrogen and oxygen atoms in total. The van der Waals surface area contributed by atoms with E-state index in [1.54, 1.807) is 12.1 Å². The van der Waals surface area contributed by atoms with Gasteiger partial charge in [0, 0.05) is 37.0 Å². The summed E-state index contributed by atoms with van der Waals surface area (Å²) in [6.45, 7) is 1.80. The summed E-state index contributed by atoms with van der Waals surface area (Å²) >= 11 is 6.19. The number of carbonyl (C=O) groups is 2. The zero-order valence-electron chi connectivity index (χ0n) is 23.1. The van der Waals surface area contributed by atoms with Crippen molar-refractivity contribution < 1.29 is 23.8 Å². The van der Waals surface area contributed by atoms with Crippen LogP contribution >= 0.6 is 11.6 Å². The van der Waals surface area contributed by atoms with E-state index in [9.17, 15) is 9.59 Å². The quantitative estimate of drug-likeness (QED) is 0.364. The molecule has 1 fully saturated rings. The number of halogens is 1. The van der Waals surface area contributed by atoms with Crippen molar-refractivity contribution in [3.63, 3.8) is 0 Å². The van der Waals surface area contributed by atoms with Crippen molar-refractivity contribution in [1.82, 2.24) is 10.2 Å². The van der Waals surface area contributed by atoms with Gasteiger partial charge >= 0.3 is 0 Å². The van der Waals surface area contributed by atoms with Gasteiger partial charge < -0.3 is 30.2 Å². The predicted octanol–water partition coefficient (Wildman–Crippen LogP) is 4.03. The molecule has 212 valence electrons. The molecule has 1 aliphatic rings. The summed E-state index contributed by atoms with van der Waals surface area (Å²) in [5, 5.41) is 4.11. The topological polar surface area (TPSA) is 103 Å². The highest BCUT2D eigenvalue weighted by molar-refractivity contribution is 6.30. The van der Waals surface area contributed by atoms with Crippen LogP contribution in [0.1, 0.15) is 29.0 Å². The first-order valence-electron chi connectivity index (χ1n) is 13.2. The Morgan fingerprint density at radius 1 is 0.975 bits per heavy atom. The average molecular weight is 566 g/mol. The summed E-state index contributed by atoms with van der Waals surface area (Å²) in [6.07, 6.45) is 0.248. The first-order chi connectivity index (χ1) is 19.4. The van der Waals surface area contributed by atoms with Gasteiger partial charge in [0.05, 0.1) is 33.3 Å². The third-order valence-corrected chi connectivity index (χ3v) is 7.66. The van der Waals surface area contributed by atoms with Crippen LogP contribution in [0, 0.1) is 5.92 Å². The van der Waals surface area contributed by atoms with Crippen LogP contribution in [-0.2, 0) is 16.0 Å². The van der Waals surface area contributed by atoms with Crippen molar-refractivity contribution in [3.05, 3.63) is 88.4 Å². The van der Waals surface area contributed by atoms with Crippen LogP contribution in [0.4, 0.5) is 0 Å². The number of rotatable bonds is 11. The van der Waals surface area contributed by atoms with E-state index in [0.717, 1.165) is 16.7 Å². The second kappa shape index (κ2) is 13.5. The van der Waals surface area contributed by atoms with E-state index in [1.165, 1.54) is 21.3 Å². The van der Waals surface area contributed by atoms with Gasteiger partial charge in [0.15, 0.2) is 11.5 Å². The molecule has 0 aromatic heterocycles. The molecule has 1 heterocycles. The summed E-state index contributed by atoms with van der Waals surface area (Å²) in [5.41, 5.74) is 8.74. The van der Waals surface area contributed by atoms with Gasteiger partial charge in [-0.25, -0.2) is 0 Å². The summed E-state index contributed by atoms with van der Waals surface area (Å²) < 4.78 is 16.3. The monoisotopic (exact) mass is 565 g/mol. The minimum Gasteiger partial charge on any atom is -0.493 e. The first kappa shape index (κ1) is 29.2. The maximum atomic E-state index is 13.9. The third-order valence-electron chi connectivity index (χ3n) is 7.41. The van der Waals surface area contributed by atoms with Crippen molar-refractivity contribution in [2.24, 2.45) is 11.7 Å². The van der Waals surface area contributed by atoms with E-state index in [1.807, 2.05) is 47.4 Å². The van der Waals surface area contributed by atoms with Crippen LogP contribution in [-0.4, -0.2) is 63.7 Å². The van der Waals surface area contributed by atoms with Crippen molar-refractivity contribution >= 4 is 23.4 Å². The molecular weight excluding hydrogens is 530 g/mol. The zero-order chi connectivity index (χ0) is 28.6. The zero-order valence-corrected chi connectivity index (χ0v) is 23.8. The minimum atomic E-state index is -0.712. The fourth-order valence-corrected chi connectivity index (χ4v) is 5.57. The van der Waals surface area contributed by atoms with Crippen LogP contribution in [0.15, 0.2) is 66.7 Å². The molecule has 0 spiro atoms. The molecule has 3 unspecified atom stereocenters. The van der Waals surface area contributed by atoms with Crippen molar-refractivity contribution in [3.8, 4) is 17.2 Å². The van der Waals surface area contributed by atoms with E-state index >= 15 is 0 Å². The summed E-state index contributed by atoms with van der Waals surface area (Å²) in [7, 11) is 4.59. The number of piperazine rings is 1. The molecule has 40 heavy (non-hydrogen) atoms. The van der Waals surface area contributed by atoms with Crippen molar-refractivity contribution in [1.29, 1.82) is 0 Å². The van der Waals surface area contributed by atoms with E-state index in [2.05, 4.69) is 17.4 Å². The summed E-state index contributed by atoms with van der Waals surface area (Å²) in [5.74, 6) is -0.0413. The number of primary amides is 1. The third kappa shape index (κ3) is 6.69. The lowest BCUT2D eigenvalue weighted by Gasteiger charge is -2.41. The number of nitrogens with zero attached hydrogens (tertiary/aromatic N) is 1. The summed E-state index contributed by atoms with van der Waals surface area (Å²) in [4.78, 5) is 28.4. The molecule has 0 aliphatic carbocycles. The largest absolute Gasteiger partial charge is 0.493 e. The maximum absolute atomic E-state index is 13.9. The van der Waals surface area contributed by atoms with E-state index < -0.39 is 11.8 Å². The molecule has 3 aromatic rings. The molecule has 0 saturated carbocycles. The average Bonchev–Trinajstić information content (AvgIpc) is 2.98. The maximum Gasteiger partial charge on any atom is 0.223 e. The van der Waals surface area contributed by atoms with Gasteiger partial charge in [-0.2, -0.15) is 0 Å². The van der Waals surface area contributed by atoms with E-state index in [4.69, 9.17) is 31.5 Å². The summed E-state index contributed by atoms with van der Waals surface area (Å²) in [6, 6.07) is 21.3. The van der Waals surface area contributed by atoms with Crippen molar-refractivity contribution in [2.45, 2.75) is 24.8 Å². The number of methoxy groups -OCH3 is 3. The second-order valence-corrected chi connectivity index (χ2v) is 10.3. The molecule has 9 heteroatoms. The normalized spacial score (nSPS) is 16.6. The molecule has 1 aliphatic heterocycles. The molecule has 0 bridgehead atoms. The first-order valence-corrected chi connectivity index (χ1v) is 13.6. The van der Waals surface area contributed by atoms with Crippen LogP contribution < -0.4 is 25.3 Å². The van der Waals surface area contributed by atoms with Gasteiger partial charge in [-0.05, 0) is 47.4 Å². The fraction of sp³-hybridized carbons (Fsp3) is 0.355. The lowest BCUT2D eigenvalue weighted by atomic mass is 9.83. The van der Waals surface area contributed by atoms with Crippen LogP contribution in [0.3, 0.4) is 0 Å². The number of carbonyl (C=O) groups excluding carboxylic acids is 2. The van der Waals surface area contributed by atoms with Crippen molar-refractivity contribution in [2.75, 3.05) is 41.0 Å². The smallest absolute Gasteiger partial charge is 0.223 e. The second-order valence-electron chi connectivity index (χ2n) is 9.84. The molecule has 2 amide bonds. The number of hydrogen-bond donors (Lipinski definition) is 2. The fourth-order valence-electron chi connectivity index (χ4n) is 5.44. The van der Waals surface area contributed by atoms with Crippen LogP contribution in [0.2, 0.25) is 5.02 Å². The molecular formula is C31H36ClN3O5. The SMILES string of the molecule is COc1cc(CC(CC(=O)N2CCNCC2C(c2ccccc2)c2ccc(Cl)cc2)C(N)=O)cc(OC)c1OC. The Balaban J connectivity index is 1.61. The highest BCUT2D eigenvalue weighted by atomic mass is 35.5. The van der Waals surface area contributed by atoms with E-state index in [-0.39, 0.29) is 30.7 Å². The van der Waals surface area contributed by atoms with Crippen LogP contribution in [0.5, 0.6) is 17.2 Å². The number of nitrogens with two attached hydrogens (primary N) is 1. The molecule has 3 aromatic carbocycles. The Kier molecular flexibility index (Phi) is 9.90. The van der Waals surface area contributed by atoms with Gasteiger partial charge in [0.25, 0.3) is 0 Å². The number of hydrogen-bond acceptors (Lipinski definition) is 6. The number of nitrogens with one attached hydrogen (secondary N) is 1. The Hall–Kier alpha value is -3.75. The molecule has 3 atom stereocenters. The van der Waals surface area contributed by atoms with E-state index in [0.29, 0.717) is 41.9 Å². The number of benzene rings is 3. The number of ether oxygens (including phenoxy) is 3. The molecule has 1 saturated heterocycles. The lowest BCUT2D eigenvalue weighted by Crippen LogP contribution is -2.56. The Morgan fingerprint density at radius 2 is 1.60 bits per heavy atom. The Labute approximate surface area is 240 Å². The molecule has 3 N–H and O–H groups in total. The van der Waals surface area contributed by atoms with Gasteiger partial charge in [0.1, 0.15) is 0 Å². The van der Waals surface area contributed by atoms with Gasteiger partial charge in [-0.15, -0.1) is 0 Å². The van der Waals surface area contributed by atoms with Gasteiger partial charge in [-0.3, -0.25) is 9.59 Å². The van der Waals surface area contributed by atoms with Gasteiger partial charge in [0.2, 0.25) is 17.6 Å².